The average molecular weight is 1150 g/mol. The van der Waals surface area contributed by atoms with Gasteiger partial charge in [0.15, 0.2) is 23.7 Å². The molecular formula is C48H46F6N12O9S3. The quantitative estimate of drug-likeness (QED) is 0.0258. The maximum atomic E-state index is 14.8. The van der Waals surface area contributed by atoms with Crippen LogP contribution in [0.1, 0.15) is 83.5 Å². The number of carbonyl (C=O) groups is 2. The van der Waals surface area contributed by atoms with E-state index in [2.05, 4.69) is 49.6 Å². The van der Waals surface area contributed by atoms with Crippen LogP contribution in [-0.2, 0) is 30.1 Å². The van der Waals surface area contributed by atoms with Gasteiger partial charge in [0.05, 0.1) is 56.6 Å². The molecule has 9 rings (SSSR count). The van der Waals surface area contributed by atoms with E-state index in [4.69, 9.17) is 0 Å². The lowest BCUT2D eigenvalue weighted by molar-refractivity contribution is 0.103. The van der Waals surface area contributed by atoms with Crippen molar-refractivity contribution in [2.75, 3.05) is 31.4 Å². The molecule has 0 aliphatic rings. The highest BCUT2D eigenvalue weighted by molar-refractivity contribution is 7.93. The first-order valence-corrected chi connectivity index (χ1v) is 27.9. The van der Waals surface area contributed by atoms with Gasteiger partial charge < -0.3 is 20.1 Å². The van der Waals surface area contributed by atoms with Crippen LogP contribution in [0.15, 0.2) is 98.6 Å². The molecule has 0 radical (unpaired) electrons. The van der Waals surface area contributed by atoms with Crippen LogP contribution in [0.25, 0.3) is 33.1 Å². The van der Waals surface area contributed by atoms with E-state index < -0.39 is 111 Å². The minimum Gasteiger partial charge on any atom is -0.383 e. The largest absolute Gasteiger partial charge is 0.383 e. The molecule has 30 heteroatoms. The number of aromatic amines is 3. The number of ketones is 1. The number of aliphatic hydroxyl groups excluding tert-OH is 1. The second kappa shape index (κ2) is 25.7. The molecular weight excluding hydrogens is 1100 g/mol. The summed E-state index contributed by atoms with van der Waals surface area (Å²) in [7, 11) is -11.2. The SMILES string of the molecule is CCCS(=O)(=O)Nc1ccc(F)c(C(=O)c2c[nH]c3ncncc23)c1F.CCCS(=O)(=O)Nc1ccc(F)c(C(O)c2c[nH]c3ncncc23)c1F.CCCS(=O)(=O)Nc1ccc(F)c(C=O)c1F.c1ncc2cc[nH]c2n1. The Labute approximate surface area is 440 Å². The number of hydrogen-bond donors (Lipinski definition) is 7. The molecule has 0 fully saturated rings. The Bertz CT molecular complexity index is 3930. The second-order valence-corrected chi connectivity index (χ2v) is 21.9. The molecule has 21 nitrogen and oxygen atoms in total. The van der Waals surface area contributed by atoms with Crippen LogP contribution in [0, 0.1) is 34.9 Å². The Morgan fingerprint density at radius 2 is 1.06 bits per heavy atom. The van der Waals surface area contributed by atoms with Gasteiger partial charge in [0.2, 0.25) is 35.9 Å². The molecule has 412 valence electrons. The number of benzene rings is 3. The zero-order valence-corrected chi connectivity index (χ0v) is 43.5. The Balaban J connectivity index is 0.000000178. The summed E-state index contributed by atoms with van der Waals surface area (Å²) >= 11 is 0. The molecule has 0 aliphatic heterocycles. The lowest BCUT2D eigenvalue weighted by Gasteiger charge is -2.16. The fraction of sp³-hybridized carbons (Fsp3) is 0.208. The van der Waals surface area contributed by atoms with E-state index in [1.165, 1.54) is 43.8 Å². The van der Waals surface area contributed by atoms with Crippen molar-refractivity contribution in [2.45, 2.75) is 46.1 Å². The van der Waals surface area contributed by atoms with Crippen LogP contribution in [0.5, 0.6) is 0 Å². The Morgan fingerprint density at radius 3 is 1.62 bits per heavy atom. The number of aldehydes is 1. The number of halogens is 6. The molecule has 3 aromatic carbocycles. The Hall–Kier alpha value is -8.35. The van der Waals surface area contributed by atoms with Gasteiger partial charge in [-0.05, 0) is 61.7 Å². The summed E-state index contributed by atoms with van der Waals surface area (Å²) in [6.45, 7) is 4.96. The molecule has 0 saturated heterocycles. The first-order chi connectivity index (χ1) is 37.1. The zero-order valence-electron chi connectivity index (χ0n) is 41.0. The zero-order chi connectivity index (χ0) is 57.0. The summed E-state index contributed by atoms with van der Waals surface area (Å²) in [5.41, 5.74) is -1.87. The number of anilines is 3. The van der Waals surface area contributed by atoms with Crippen LogP contribution in [0.2, 0.25) is 0 Å². The Kier molecular flexibility index (Phi) is 19.4. The van der Waals surface area contributed by atoms with Crippen LogP contribution < -0.4 is 14.2 Å². The van der Waals surface area contributed by atoms with Gasteiger partial charge in [-0.2, -0.15) is 0 Å². The van der Waals surface area contributed by atoms with E-state index in [1.807, 2.05) is 21.7 Å². The molecule has 1 atom stereocenters. The van der Waals surface area contributed by atoms with Crippen LogP contribution in [-0.4, -0.2) is 105 Å². The summed E-state index contributed by atoms with van der Waals surface area (Å²) in [5, 5.41) is 12.3. The number of nitrogens with zero attached hydrogens (tertiary/aromatic N) is 6. The number of sulfonamides is 3. The molecule has 0 amide bonds. The standard InChI is InChI=1S/C16H16F2N4O3S.C16H14F2N4O3S.C10H11F2NO3S.C6H5N3/c2*1-2-5-26(24,25)22-12-4-3-11(17)13(14(12)18)15(23)9-7-20-16-10(9)6-19-8-21-16;1-2-5-17(15,16)13-9-4-3-8(11)7(6-14)10(9)12;1-2-8-6-5(1)3-7-4-9-6/h3-4,6-8,15,22-23H,2,5H2,1H3,(H,19,20,21);3-4,6-8,22H,2,5H2,1H3,(H,19,20,21);3-4,6,13H,2,5H2,1H3;1-4H,(H,7,8,9). The van der Waals surface area contributed by atoms with Crippen LogP contribution in [0.4, 0.5) is 43.4 Å². The van der Waals surface area contributed by atoms with E-state index in [-0.39, 0.29) is 34.7 Å². The van der Waals surface area contributed by atoms with Gasteiger partial charge in [0.1, 0.15) is 59.5 Å². The van der Waals surface area contributed by atoms with E-state index >= 15 is 0 Å². The third-order valence-electron chi connectivity index (χ3n) is 10.7. The van der Waals surface area contributed by atoms with Gasteiger partial charge in [-0.25, -0.2) is 81.5 Å². The minimum atomic E-state index is -3.80. The van der Waals surface area contributed by atoms with Crippen LogP contribution >= 0.6 is 0 Å². The van der Waals surface area contributed by atoms with Gasteiger partial charge in [-0.3, -0.25) is 23.8 Å². The van der Waals surface area contributed by atoms with E-state index in [1.54, 1.807) is 27.0 Å². The molecule has 0 spiro atoms. The predicted octanol–water partition coefficient (Wildman–Crippen LogP) is 7.98. The van der Waals surface area contributed by atoms with Crippen molar-refractivity contribution in [3.63, 3.8) is 0 Å². The van der Waals surface area contributed by atoms with Crippen molar-refractivity contribution >= 4 is 92.3 Å². The number of nitrogens with one attached hydrogen (secondary N) is 6. The number of carbonyl (C=O) groups excluding carboxylic acids is 2. The molecule has 78 heavy (non-hydrogen) atoms. The fourth-order valence-electron chi connectivity index (χ4n) is 7.19. The van der Waals surface area contributed by atoms with E-state index in [0.717, 1.165) is 47.4 Å². The number of rotatable bonds is 17. The number of hydrogen-bond acceptors (Lipinski definition) is 15. The maximum Gasteiger partial charge on any atom is 0.232 e. The summed E-state index contributed by atoms with van der Waals surface area (Å²) in [6, 6.07) is 7.36. The third-order valence-corrected chi connectivity index (χ3v) is 15.1. The topological polar surface area (TPSA) is 318 Å². The summed E-state index contributed by atoms with van der Waals surface area (Å²) in [6.07, 6.45) is 12.4. The molecule has 7 N–H and O–H groups in total. The Morgan fingerprint density at radius 1 is 0.590 bits per heavy atom. The number of aromatic nitrogens is 9. The highest BCUT2D eigenvalue weighted by Crippen LogP contribution is 2.34. The third kappa shape index (κ3) is 14.4. The second-order valence-electron chi connectivity index (χ2n) is 16.4. The smallest absolute Gasteiger partial charge is 0.232 e. The first kappa shape index (κ1) is 58.9. The summed E-state index contributed by atoms with van der Waals surface area (Å²) < 4.78 is 161. The predicted molar refractivity (Wildman–Crippen MR) is 277 cm³/mol. The van der Waals surface area contributed by atoms with Gasteiger partial charge in [-0.1, -0.05) is 20.8 Å². The highest BCUT2D eigenvalue weighted by atomic mass is 32.2. The van der Waals surface area contributed by atoms with E-state index in [9.17, 15) is 66.3 Å². The molecule has 9 aromatic rings. The number of fused-ring (bicyclic) bond motifs is 3. The van der Waals surface area contributed by atoms with Crippen molar-refractivity contribution in [1.82, 2.24) is 44.9 Å². The average Bonchev–Trinajstić information content (AvgIpc) is 4.17. The fourth-order valence-corrected chi connectivity index (χ4v) is 10.6. The van der Waals surface area contributed by atoms with Crippen LogP contribution in [0.3, 0.4) is 0 Å². The van der Waals surface area contributed by atoms with Gasteiger partial charge in [0.25, 0.3) is 0 Å². The van der Waals surface area contributed by atoms with Crippen molar-refractivity contribution in [3.05, 3.63) is 161 Å². The summed E-state index contributed by atoms with van der Waals surface area (Å²) in [4.78, 5) is 54.9. The maximum absolute atomic E-state index is 14.8. The molecule has 6 aromatic heterocycles. The normalized spacial score (nSPS) is 11.9. The monoisotopic (exact) mass is 1140 g/mol. The summed E-state index contributed by atoms with van der Waals surface area (Å²) in [5.74, 6) is -8.36. The molecule has 0 saturated carbocycles. The minimum absolute atomic E-state index is 0.00227. The molecule has 0 bridgehead atoms. The van der Waals surface area contributed by atoms with Crippen molar-refractivity contribution in [2.24, 2.45) is 0 Å². The van der Waals surface area contributed by atoms with Gasteiger partial charge in [-0.15, -0.1) is 0 Å². The molecule has 6 heterocycles. The molecule has 0 aliphatic carbocycles. The van der Waals surface area contributed by atoms with Gasteiger partial charge in [0, 0.05) is 58.9 Å². The first-order valence-electron chi connectivity index (χ1n) is 23.0. The lowest BCUT2D eigenvalue weighted by Crippen LogP contribution is -2.18. The number of aliphatic hydroxyl groups is 1. The highest BCUT2D eigenvalue weighted by Gasteiger charge is 2.28. The van der Waals surface area contributed by atoms with Crippen molar-refractivity contribution in [1.29, 1.82) is 0 Å². The van der Waals surface area contributed by atoms with Crippen molar-refractivity contribution in [3.8, 4) is 0 Å². The number of H-pyrrole nitrogens is 3. The molecule has 1 unspecified atom stereocenters. The van der Waals surface area contributed by atoms with E-state index in [0.29, 0.717) is 41.3 Å². The lowest BCUT2D eigenvalue weighted by atomic mass is 10.0. The van der Waals surface area contributed by atoms with Crippen molar-refractivity contribution < 1.29 is 66.3 Å². The van der Waals surface area contributed by atoms with Gasteiger partial charge >= 0.3 is 0 Å².